The summed E-state index contributed by atoms with van der Waals surface area (Å²) in [6.45, 7) is 2.30. The van der Waals surface area contributed by atoms with Gasteiger partial charge in [0.25, 0.3) is 11.8 Å². The number of nitrogens with one attached hydrogen (secondary N) is 1. The minimum atomic E-state index is -0.342. The molecule has 0 aromatic heterocycles. The topological polar surface area (TPSA) is 67.9 Å². The standard InChI is InChI=1S/C21H22N2O4/c1-4-12-23-20(24)18(14-8-6-5-7-9-14)19(21(23)25)22-16-13-15(26-2)10-11-17(16)27-3/h5-11,13,22H,4,12H2,1-3H3. The summed E-state index contributed by atoms with van der Waals surface area (Å²) in [6, 6.07) is 14.4. The van der Waals surface area contributed by atoms with Crippen LogP contribution in [0.15, 0.2) is 54.2 Å². The predicted molar refractivity (Wildman–Crippen MR) is 104 cm³/mol. The highest BCUT2D eigenvalue weighted by atomic mass is 16.5. The van der Waals surface area contributed by atoms with Gasteiger partial charge >= 0.3 is 0 Å². The van der Waals surface area contributed by atoms with E-state index in [2.05, 4.69) is 5.32 Å². The Bertz CT molecular complexity index is 890. The fourth-order valence-electron chi connectivity index (χ4n) is 3.04. The second-order valence-electron chi connectivity index (χ2n) is 6.07. The summed E-state index contributed by atoms with van der Waals surface area (Å²) in [4.78, 5) is 27.2. The minimum Gasteiger partial charge on any atom is -0.497 e. The summed E-state index contributed by atoms with van der Waals surface area (Å²) in [5.74, 6) is 0.523. The van der Waals surface area contributed by atoms with Crippen molar-refractivity contribution < 1.29 is 19.1 Å². The molecule has 2 aromatic carbocycles. The zero-order chi connectivity index (χ0) is 19.4. The number of benzene rings is 2. The van der Waals surface area contributed by atoms with Crippen molar-refractivity contribution >= 4 is 23.1 Å². The van der Waals surface area contributed by atoms with Crippen LogP contribution in [0.3, 0.4) is 0 Å². The largest absolute Gasteiger partial charge is 0.497 e. The highest BCUT2D eigenvalue weighted by molar-refractivity contribution is 6.36. The summed E-state index contributed by atoms with van der Waals surface area (Å²) in [5.41, 5.74) is 1.85. The van der Waals surface area contributed by atoms with Gasteiger partial charge in [0.1, 0.15) is 17.2 Å². The zero-order valence-electron chi connectivity index (χ0n) is 15.6. The van der Waals surface area contributed by atoms with Crippen LogP contribution in [0.5, 0.6) is 11.5 Å². The van der Waals surface area contributed by atoms with E-state index in [9.17, 15) is 9.59 Å². The molecule has 0 unspecified atom stereocenters. The molecule has 0 saturated carbocycles. The number of hydrogen-bond acceptors (Lipinski definition) is 5. The number of carbonyl (C=O) groups is 2. The Morgan fingerprint density at radius 3 is 2.33 bits per heavy atom. The average Bonchev–Trinajstić information content (AvgIpc) is 2.93. The highest BCUT2D eigenvalue weighted by Gasteiger charge is 2.38. The summed E-state index contributed by atoms with van der Waals surface area (Å²) >= 11 is 0. The van der Waals surface area contributed by atoms with Gasteiger partial charge in [0.2, 0.25) is 0 Å². The number of carbonyl (C=O) groups excluding carboxylic acids is 2. The Balaban J connectivity index is 2.10. The number of ether oxygens (including phenoxy) is 2. The van der Waals surface area contributed by atoms with Gasteiger partial charge < -0.3 is 14.8 Å². The molecular weight excluding hydrogens is 344 g/mol. The molecule has 0 bridgehead atoms. The molecule has 1 heterocycles. The second kappa shape index (κ2) is 7.95. The number of anilines is 1. The molecule has 0 radical (unpaired) electrons. The first-order chi connectivity index (χ1) is 13.1. The van der Waals surface area contributed by atoms with Gasteiger partial charge in [-0.3, -0.25) is 14.5 Å². The zero-order valence-corrected chi connectivity index (χ0v) is 15.6. The van der Waals surface area contributed by atoms with Crippen LogP contribution in [-0.2, 0) is 9.59 Å². The van der Waals surface area contributed by atoms with Crippen molar-refractivity contribution in [2.75, 3.05) is 26.1 Å². The van der Waals surface area contributed by atoms with Crippen molar-refractivity contribution in [3.05, 3.63) is 59.8 Å². The summed E-state index contributed by atoms with van der Waals surface area (Å²) in [7, 11) is 3.11. The van der Waals surface area contributed by atoms with Crippen molar-refractivity contribution in [1.29, 1.82) is 0 Å². The highest BCUT2D eigenvalue weighted by Crippen LogP contribution is 2.35. The van der Waals surface area contributed by atoms with Crippen LogP contribution in [0, 0.1) is 0 Å². The Hall–Kier alpha value is -3.28. The molecule has 2 aromatic rings. The predicted octanol–water partition coefficient (Wildman–Crippen LogP) is 3.31. The van der Waals surface area contributed by atoms with Crippen molar-refractivity contribution in [2.24, 2.45) is 0 Å². The maximum atomic E-state index is 13.0. The summed E-state index contributed by atoms with van der Waals surface area (Å²) < 4.78 is 10.6. The number of hydrogen-bond donors (Lipinski definition) is 1. The minimum absolute atomic E-state index is 0.242. The lowest BCUT2D eigenvalue weighted by Crippen LogP contribution is -2.33. The molecule has 1 aliphatic rings. The number of rotatable bonds is 7. The molecular formula is C21H22N2O4. The van der Waals surface area contributed by atoms with Crippen LogP contribution in [0.2, 0.25) is 0 Å². The number of amides is 2. The molecule has 2 amide bonds. The molecule has 0 aliphatic carbocycles. The van der Waals surface area contributed by atoms with E-state index in [0.29, 0.717) is 41.3 Å². The van der Waals surface area contributed by atoms with Crippen LogP contribution in [0.4, 0.5) is 5.69 Å². The fraction of sp³-hybridized carbons (Fsp3) is 0.238. The lowest BCUT2D eigenvalue weighted by Gasteiger charge is -2.15. The molecule has 0 spiro atoms. The first kappa shape index (κ1) is 18.5. The van der Waals surface area contributed by atoms with Crippen LogP contribution < -0.4 is 14.8 Å². The average molecular weight is 366 g/mol. The van der Waals surface area contributed by atoms with E-state index in [1.165, 1.54) is 4.90 Å². The van der Waals surface area contributed by atoms with E-state index in [1.807, 2.05) is 37.3 Å². The van der Waals surface area contributed by atoms with Gasteiger partial charge in [0, 0.05) is 12.6 Å². The van der Waals surface area contributed by atoms with E-state index < -0.39 is 0 Å². The van der Waals surface area contributed by atoms with Gasteiger partial charge in [-0.2, -0.15) is 0 Å². The van der Waals surface area contributed by atoms with Crippen molar-refractivity contribution in [1.82, 2.24) is 4.90 Å². The van der Waals surface area contributed by atoms with Crippen LogP contribution in [-0.4, -0.2) is 37.5 Å². The van der Waals surface area contributed by atoms with Crippen LogP contribution in [0.25, 0.3) is 5.57 Å². The molecule has 0 fully saturated rings. The summed E-state index contributed by atoms with van der Waals surface area (Å²) in [5, 5.41) is 3.11. The first-order valence-corrected chi connectivity index (χ1v) is 8.75. The molecule has 6 nitrogen and oxygen atoms in total. The van der Waals surface area contributed by atoms with E-state index in [0.717, 1.165) is 0 Å². The van der Waals surface area contributed by atoms with E-state index >= 15 is 0 Å². The fourth-order valence-corrected chi connectivity index (χ4v) is 3.04. The van der Waals surface area contributed by atoms with Crippen LogP contribution >= 0.6 is 0 Å². The Morgan fingerprint density at radius 1 is 0.963 bits per heavy atom. The van der Waals surface area contributed by atoms with Gasteiger partial charge in [0.05, 0.1) is 25.5 Å². The summed E-state index contributed by atoms with van der Waals surface area (Å²) in [6.07, 6.45) is 0.690. The number of imide groups is 1. The number of nitrogens with zero attached hydrogens (tertiary/aromatic N) is 1. The SMILES string of the molecule is CCCN1C(=O)C(Nc2cc(OC)ccc2OC)=C(c2ccccc2)C1=O. The van der Waals surface area contributed by atoms with E-state index in [4.69, 9.17) is 9.47 Å². The lowest BCUT2D eigenvalue weighted by molar-refractivity contribution is -0.136. The molecule has 0 saturated heterocycles. The molecule has 140 valence electrons. The molecule has 6 heteroatoms. The van der Waals surface area contributed by atoms with Crippen molar-refractivity contribution in [2.45, 2.75) is 13.3 Å². The molecule has 3 rings (SSSR count). The first-order valence-electron chi connectivity index (χ1n) is 8.75. The van der Waals surface area contributed by atoms with Gasteiger partial charge in [-0.05, 0) is 24.1 Å². The van der Waals surface area contributed by atoms with Crippen molar-refractivity contribution in [3.8, 4) is 11.5 Å². The molecule has 1 N–H and O–H groups in total. The Morgan fingerprint density at radius 2 is 1.70 bits per heavy atom. The van der Waals surface area contributed by atoms with E-state index in [-0.39, 0.29) is 17.5 Å². The van der Waals surface area contributed by atoms with Gasteiger partial charge in [-0.15, -0.1) is 0 Å². The third kappa shape index (κ3) is 3.51. The van der Waals surface area contributed by atoms with Crippen LogP contribution in [0.1, 0.15) is 18.9 Å². The molecule has 27 heavy (non-hydrogen) atoms. The van der Waals surface area contributed by atoms with E-state index in [1.54, 1.807) is 32.4 Å². The van der Waals surface area contributed by atoms with Crippen molar-refractivity contribution in [3.63, 3.8) is 0 Å². The lowest BCUT2D eigenvalue weighted by atomic mass is 10.0. The normalized spacial score (nSPS) is 14.0. The second-order valence-corrected chi connectivity index (χ2v) is 6.07. The quantitative estimate of drug-likeness (QED) is 0.762. The number of methoxy groups -OCH3 is 2. The molecule has 0 atom stereocenters. The van der Waals surface area contributed by atoms with Gasteiger partial charge in [-0.25, -0.2) is 0 Å². The Labute approximate surface area is 158 Å². The molecule has 1 aliphatic heterocycles. The smallest absolute Gasteiger partial charge is 0.278 e. The monoisotopic (exact) mass is 366 g/mol. The Kier molecular flexibility index (Phi) is 5.45. The third-order valence-corrected chi connectivity index (χ3v) is 4.34. The van der Waals surface area contributed by atoms with Gasteiger partial charge in [0.15, 0.2) is 0 Å². The maximum absolute atomic E-state index is 13.0. The van der Waals surface area contributed by atoms with Gasteiger partial charge in [-0.1, -0.05) is 37.3 Å². The third-order valence-electron chi connectivity index (χ3n) is 4.34. The maximum Gasteiger partial charge on any atom is 0.278 e.